The molecule has 3 aromatic rings. The number of pyridine rings is 1. The van der Waals surface area contributed by atoms with Gasteiger partial charge in [-0.25, -0.2) is 0 Å². The Morgan fingerprint density at radius 2 is 1.77 bits per heavy atom. The highest BCUT2D eigenvalue weighted by atomic mass is 16.2. The number of nitrogens with one attached hydrogen (secondary N) is 2. The predicted molar refractivity (Wildman–Crippen MR) is 111 cm³/mol. The van der Waals surface area contributed by atoms with Crippen LogP contribution >= 0.6 is 0 Å². The lowest BCUT2D eigenvalue weighted by Gasteiger charge is -2.28. The predicted octanol–water partition coefficient (Wildman–Crippen LogP) is 2.27. The zero-order chi connectivity index (χ0) is 20.8. The minimum atomic E-state index is -0.122. The lowest BCUT2D eigenvalue weighted by molar-refractivity contribution is -0.126. The van der Waals surface area contributed by atoms with Crippen molar-refractivity contribution in [2.75, 3.05) is 0 Å². The van der Waals surface area contributed by atoms with Crippen molar-refractivity contribution in [3.8, 4) is 5.69 Å². The third-order valence-electron chi connectivity index (χ3n) is 5.47. The summed E-state index contributed by atoms with van der Waals surface area (Å²) in [6.07, 6.45) is 9.70. The molecular weight excluding hydrogens is 380 g/mol. The van der Waals surface area contributed by atoms with Gasteiger partial charge in [-0.05, 0) is 49.4 Å². The first-order chi connectivity index (χ1) is 14.7. The number of hydrogen-bond donors (Lipinski definition) is 2. The van der Waals surface area contributed by atoms with Gasteiger partial charge in [-0.15, -0.1) is 10.2 Å². The number of carbonyl (C=O) groups is 2. The van der Waals surface area contributed by atoms with E-state index < -0.39 is 0 Å². The summed E-state index contributed by atoms with van der Waals surface area (Å²) in [5, 5.41) is 13.7. The first kappa shape index (κ1) is 19.8. The minimum Gasteiger partial charge on any atom is -0.352 e. The Bertz CT molecular complexity index is 982. The highest BCUT2D eigenvalue weighted by Crippen LogP contribution is 2.25. The summed E-state index contributed by atoms with van der Waals surface area (Å²) in [5.74, 6) is -0.0653. The standard InChI is InChI=1S/C22H24N6O2/c29-21(24-13-16-4-3-11-23-12-16)17-7-9-18(10-8-17)27-22(30)19-5-1-2-6-20(19)28-14-25-26-15-28/h1-6,11-12,14-15,17-18H,7-10,13H2,(H,24,29)(H,27,30). The largest absolute Gasteiger partial charge is 0.352 e. The smallest absolute Gasteiger partial charge is 0.253 e. The van der Waals surface area contributed by atoms with E-state index in [1.54, 1.807) is 35.7 Å². The molecule has 0 saturated heterocycles. The van der Waals surface area contributed by atoms with Crippen molar-refractivity contribution < 1.29 is 9.59 Å². The lowest BCUT2D eigenvalue weighted by atomic mass is 9.85. The molecule has 2 heterocycles. The third kappa shape index (κ3) is 4.71. The summed E-state index contributed by atoms with van der Waals surface area (Å²) in [6.45, 7) is 0.489. The van der Waals surface area contributed by atoms with Crippen molar-refractivity contribution in [2.24, 2.45) is 5.92 Å². The summed E-state index contributed by atoms with van der Waals surface area (Å²) in [4.78, 5) is 29.4. The molecule has 0 spiro atoms. The molecule has 0 bridgehead atoms. The Kier molecular flexibility index (Phi) is 6.12. The number of amides is 2. The van der Waals surface area contributed by atoms with Crippen molar-refractivity contribution in [2.45, 2.75) is 38.3 Å². The van der Waals surface area contributed by atoms with Gasteiger partial charge in [0.1, 0.15) is 12.7 Å². The number of hydrogen-bond acceptors (Lipinski definition) is 5. The molecule has 0 atom stereocenters. The fraction of sp³-hybridized carbons (Fsp3) is 0.318. The summed E-state index contributed by atoms with van der Waals surface area (Å²) < 4.78 is 1.72. The molecule has 8 heteroatoms. The normalized spacial score (nSPS) is 18.5. The molecule has 8 nitrogen and oxygen atoms in total. The van der Waals surface area contributed by atoms with Crippen LogP contribution in [0.1, 0.15) is 41.6 Å². The molecule has 2 aromatic heterocycles. The van der Waals surface area contributed by atoms with Gasteiger partial charge in [-0.3, -0.25) is 19.1 Å². The number of aromatic nitrogens is 4. The number of carbonyl (C=O) groups excluding carboxylic acids is 2. The molecule has 0 unspecified atom stereocenters. The second-order valence-corrected chi connectivity index (χ2v) is 7.49. The molecule has 1 aromatic carbocycles. The zero-order valence-electron chi connectivity index (χ0n) is 16.6. The molecule has 2 amide bonds. The first-order valence-corrected chi connectivity index (χ1v) is 10.1. The second-order valence-electron chi connectivity index (χ2n) is 7.49. The quantitative estimate of drug-likeness (QED) is 0.656. The highest BCUT2D eigenvalue weighted by molar-refractivity contribution is 5.98. The number of para-hydroxylation sites is 1. The van der Waals surface area contributed by atoms with Crippen molar-refractivity contribution in [3.63, 3.8) is 0 Å². The maximum atomic E-state index is 12.9. The van der Waals surface area contributed by atoms with Gasteiger partial charge in [-0.1, -0.05) is 18.2 Å². The topological polar surface area (TPSA) is 102 Å². The van der Waals surface area contributed by atoms with E-state index in [-0.39, 0.29) is 23.8 Å². The third-order valence-corrected chi connectivity index (χ3v) is 5.47. The van der Waals surface area contributed by atoms with E-state index in [2.05, 4.69) is 25.8 Å². The molecular formula is C22H24N6O2. The Hall–Kier alpha value is -3.55. The summed E-state index contributed by atoms with van der Waals surface area (Å²) >= 11 is 0. The molecule has 1 aliphatic rings. The molecule has 154 valence electrons. The SMILES string of the molecule is O=C(NC1CCC(C(=O)NCc2cccnc2)CC1)c1ccccc1-n1cnnc1. The first-order valence-electron chi connectivity index (χ1n) is 10.1. The van der Waals surface area contributed by atoms with Crippen LogP contribution in [0, 0.1) is 5.92 Å². The van der Waals surface area contributed by atoms with Crippen molar-refractivity contribution in [3.05, 3.63) is 72.6 Å². The molecule has 1 fully saturated rings. The van der Waals surface area contributed by atoms with Gasteiger partial charge in [0.25, 0.3) is 5.91 Å². The van der Waals surface area contributed by atoms with Crippen molar-refractivity contribution >= 4 is 11.8 Å². The highest BCUT2D eigenvalue weighted by Gasteiger charge is 2.27. The van der Waals surface area contributed by atoms with Gasteiger partial charge < -0.3 is 10.6 Å². The molecule has 1 aliphatic carbocycles. The Balaban J connectivity index is 1.29. The van der Waals surface area contributed by atoms with Crippen LogP contribution in [0.4, 0.5) is 0 Å². The van der Waals surface area contributed by atoms with E-state index in [9.17, 15) is 9.59 Å². The maximum absolute atomic E-state index is 12.9. The molecule has 0 aliphatic heterocycles. The van der Waals surface area contributed by atoms with Gasteiger partial charge in [-0.2, -0.15) is 0 Å². The molecule has 4 rings (SSSR count). The van der Waals surface area contributed by atoms with Crippen LogP contribution in [0.2, 0.25) is 0 Å². The van der Waals surface area contributed by atoms with Gasteiger partial charge in [0.2, 0.25) is 5.91 Å². The Morgan fingerprint density at radius 3 is 2.50 bits per heavy atom. The van der Waals surface area contributed by atoms with Crippen molar-refractivity contribution in [1.82, 2.24) is 30.4 Å². The maximum Gasteiger partial charge on any atom is 0.253 e. The van der Waals surface area contributed by atoms with Crippen molar-refractivity contribution in [1.29, 1.82) is 0 Å². The summed E-state index contributed by atoms with van der Waals surface area (Å²) in [6, 6.07) is 11.2. The minimum absolute atomic E-state index is 0.0147. The number of nitrogens with zero attached hydrogens (tertiary/aromatic N) is 4. The van der Waals surface area contributed by atoms with E-state index in [1.165, 1.54) is 0 Å². The Labute approximate surface area is 174 Å². The van der Waals surface area contributed by atoms with Gasteiger partial charge >= 0.3 is 0 Å². The second kappa shape index (κ2) is 9.30. The number of benzene rings is 1. The molecule has 0 radical (unpaired) electrons. The fourth-order valence-corrected chi connectivity index (χ4v) is 3.82. The molecule has 1 saturated carbocycles. The van der Waals surface area contributed by atoms with Gasteiger partial charge in [0.15, 0.2) is 0 Å². The van der Waals surface area contributed by atoms with E-state index >= 15 is 0 Å². The van der Waals surface area contributed by atoms with Gasteiger partial charge in [0.05, 0.1) is 11.3 Å². The average Bonchev–Trinajstić information content (AvgIpc) is 3.33. The average molecular weight is 404 g/mol. The molecule has 30 heavy (non-hydrogen) atoms. The summed E-state index contributed by atoms with van der Waals surface area (Å²) in [5.41, 5.74) is 2.30. The van der Waals surface area contributed by atoms with Crippen LogP contribution in [0.3, 0.4) is 0 Å². The van der Waals surface area contributed by atoms with E-state index in [4.69, 9.17) is 0 Å². The van der Waals surface area contributed by atoms with E-state index in [0.717, 1.165) is 36.9 Å². The van der Waals surface area contributed by atoms with Gasteiger partial charge in [0, 0.05) is 30.9 Å². The lowest BCUT2D eigenvalue weighted by Crippen LogP contribution is -2.41. The van der Waals surface area contributed by atoms with E-state index in [0.29, 0.717) is 12.1 Å². The van der Waals surface area contributed by atoms with E-state index in [1.807, 2.05) is 30.3 Å². The van der Waals surface area contributed by atoms with Crippen LogP contribution in [0.25, 0.3) is 5.69 Å². The van der Waals surface area contributed by atoms with Crippen LogP contribution in [0.5, 0.6) is 0 Å². The monoisotopic (exact) mass is 404 g/mol. The van der Waals surface area contributed by atoms with Crippen LogP contribution in [0.15, 0.2) is 61.4 Å². The molecule has 2 N–H and O–H groups in total. The fourth-order valence-electron chi connectivity index (χ4n) is 3.82. The van der Waals surface area contributed by atoms with Crippen LogP contribution < -0.4 is 10.6 Å². The number of rotatable bonds is 6. The zero-order valence-corrected chi connectivity index (χ0v) is 16.6. The Morgan fingerprint density at radius 1 is 1.00 bits per heavy atom. The van der Waals surface area contributed by atoms with Crippen LogP contribution in [-0.4, -0.2) is 37.6 Å². The summed E-state index contributed by atoms with van der Waals surface area (Å²) in [7, 11) is 0. The van der Waals surface area contributed by atoms with Crippen LogP contribution in [-0.2, 0) is 11.3 Å².